The van der Waals surface area contributed by atoms with Crippen LogP contribution in [0.3, 0.4) is 0 Å². The molecule has 3 aromatic heterocycles. The van der Waals surface area contributed by atoms with Crippen LogP contribution in [-0.2, 0) is 0 Å². The molecule has 0 aliphatic heterocycles. The van der Waals surface area contributed by atoms with Crippen LogP contribution in [-0.4, -0.2) is 14.5 Å². The molecule has 3 nitrogen and oxygen atoms in total. The molecule has 0 fully saturated rings. The normalized spacial score (nSPS) is 12.1. The number of hydrogen-bond donors (Lipinski definition) is 2. The third-order valence-electron chi connectivity index (χ3n) is 8.29. The van der Waals surface area contributed by atoms with Crippen molar-refractivity contribution in [1.29, 1.82) is 0 Å². The van der Waals surface area contributed by atoms with Gasteiger partial charge in [0.1, 0.15) is 0 Å². The lowest BCUT2D eigenvalue weighted by molar-refractivity contribution is 1.19. The van der Waals surface area contributed by atoms with Crippen molar-refractivity contribution >= 4 is 65.4 Å². The number of hydrogen-bond acceptors (Lipinski definition) is 0. The van der Waals surface area contributed by atoms with Gasteiger partial charge in [-0.3, -0.25) is 0 Å². The van der Waals surface area contributed by atoms with Gasteiger partial charge in [0.05, 0.1) is 27.8 Å². The van der Waals surface area contributed by atoms with E-state index in [2.05, 4.69) is 142 Å². The van der Waals surface area contributed by atoms with Gasteiger partial charge in [-0.05, 0) is 35.9 Å². The lowest BCUT2D eigenvalue weighted by atomic mass is 10.0. The van der Waals surface area contributed by atoms with E-state index in [0.717, 1.165) is 22.2 Å². The molecular weight excluding hydrogens is 474 g/mol. The van der Waals surface area contributed by atoms with Gasteiger partial charge in [-0.25, -0.2) is 0 Å². The zero-order valence-corrected chi connectivity index (χ0v) is 21.1. The van der Waals surface area contributed by atoms with E-state index in [9.17, 15) is 0 Å². The van der Waals surface area contributed by atoms with Crippen LogP contribution in [0.15, 0.2) is 127 Å². The highest BCUT2D eigenvalue weighted by Crippen LogP contribution is 2.39. The summed E-state index contributed by atoms with van der Waals surface area (Å²) in [5, 5.41) is 7.53. The Morgan fingerprint density at radius 2 is 1.03 bits per heavy atom. The summed E-state index contributed by atoms with van der Waals surface area (Å²) in [4.78, 5) is 7.49. The van der Waals surface area contributed by atoms with Crippen molar-refractivity contribution in [2.24, 2.45) is 0 Å². The topological polar surface area (TPSA) is 36.5 Å². The second-order valence-corrected chi connectivity index (χ2v) is 10.4. The molecule has 3 heterocycles. The lowest BCUT2D eigenvalue weighted by Gasteiger charge is -2.09. The number of aromatic amines is 2. The summed E-state index contributed by atoms with van der Waals surface area (Å²) in [5.41, 5.74) is 10.6. The largest absolute Gasteiger partial charge is 0.354 e. The van der Waals surface area contributed by atoms with E-state index in [0.29, 0.717) is 0 Å². The van der Waals surface area contributed by atoms with Crippen LogP contribution in [0.2, 0.25) is 0 Å². The molecule has 0 aliphatic carbocycles. The fourth-order valence-electron chi connectivity index (χ4n) is 6.56. The molecule has 0 atom stereocenters. The van der Waals surface area contributed by atoms with Gasteiger partial charge in [0.2, 0.25) is 0 Å². The zero-order chi connectivity index (χ0) is 25.5. The summed E-state index contributed by atoms with van der Waals surface area (Å²) in [6.07, 6.45) is 0. The van der Waals surface area contributed by atoms with Crippen LogP contribution in [0.5, 0.6) is 0 Å². The molecule has 0 amide bonds. The quantitative estimate of drug-likeness (QED) is 0.238. The summed E-state index contributed by atoms with van der Waals surface area (Å²) in [7, 11) is 0. The Labute approximate surface area is 223 Å². The second-order valence-electron chi connectivity index (χ2n) is 10.4. The molecule has 3 heteroatoms. The van der Waals surface area contributed by atoms with Gasteiger partial charge in [0.25, 0.3) is 0 Å². The number of nitrogens with one attached hydrogen (secondary N) is 2. The molecule has 39 heavy (non-hydrogen) atoms. The molecular formula is C36H23N3. The van der Waals surface area contributed by atoms with Crippen molar-refractivity contribution in [2.45, 2.75) is 0 Å². The molecule has 0 saturated carbocycles. The number of para-hydroxylation sites is 5. The maximum absolute atomic E-state index is 3.87. The van der Waals surface area contributed by atoms with Crippen molar-refractivity contribution < 1.29 is 0 Å². The summed E-state index contributed by atoms with van der Waals surface area (Å²) in [6, 6.07) is 45.9. The van der Waals surface area contributed by atoms with E-state index in [1.807, 2.05) is 0 Å². The second kappa shape index (κ2) is 7.62. The number of fused-ring (bicyclic) bond motifs is 9. The SMILES string of the molecule is c1ccc2c(c1)[nH]c1cc(-c3cccc4c3[nH]c3c(-n5c6ccccc6c6ccccc65)cccc34)ccc12. The highest BCUT2D eigenvalue weighted by molar-refractivity contribution is 6.16. The molecule has 0 saturated heterocycles. The summed E-state index contributed by atoms with van der Waals surface area (Å²) >= 11 is 0. The van der Waals surface area contributed by atoms with Crippen molar-refractivity contribution in [3.8, 4) is 16.8 Å². The highest BCUT2D eigenvalue weighted by Gasteiger charge is 2.17. The minimum absolute atomic E-state index is 1.15. The Hall–Kier alpha value is -5.28. The standard InChI is InChI=1S/C36H23N3/c1-4-15-30-24(9-1)25-20-19-22(21-31(25)37-30)23-12-7-13-28-29-14-8-18-34(36(29)38-35(23)28)39-32-16-5-2-10-26(32)27-11-3-6-17-33(27)39/h1-21,37-38H. The monoisotopic (exact) mass is 497 g/mol. The summed E-state index contributed by atoms with van der Waals surface area (Å²) < 4.78 is 2.40. The third kappa shape index (κ3) is 2.82. The van der Waals surface area contributed by atoms with Crippen LogP contribution >= 0.6 is 0 Å². The van der Waals surface area contributed by atoms with Crippen LogP contribution < -0.4 is 0 Å². The average molecular weight is 498 g/mol. The number of benzene rings is 6. The number of H-pyrrole nitrogens is 2. The molecule has 6 aromatic carbocycles. The fraction of sp³-hybridized carbons (Fsp3) is 0. The highest BCUT2D eigenvalue weighted by atomic mass is 15.0. The third-order valence-corrected chi connectivity index (χ3v) is 8.29. The maximum atomic E-state index is 3.87. The number of aromatic nitrogens is 3. The minimum Gasteiger partial charge on any atom is -0.354 e. The maximum Gasteiger partial charge on any atom is 0.0709 e. The molecule has 0 aliphatic rings. The fourth-order valence-corrected chi connectivity index (χ4v) is 6.56. The van der Waals surface area contributed by atoms with Crippen molar-refractivity contribution in [3.05, 3.63) is 127 Å². The van der Waals surface area contributed by atoms with Crippen molar-refractivity contribution in [2.75, 3.05) is 0 Å². The number of nitrogens with zero attached hydrogens (tertiary/aromatic N) is 1. The van der Waals surface area contributed by atoms with Gasteiger partial charge >= 0.3 is 0 Å². The predicted molar refractivity (Wildman–Crippen MR) is 165 cm³/mol. The Balaban J connectivity index is 1.33. The first-order valence-corrected chi connectivity index (χ1v) is 13.4. The number of rotatable bonds is 2. The van der Waals surface area contributed by atoms with E-state index in [1.54, 1.807) is 0 Å². The predicted octanol–water partition coefficient (Wildman–Crippen LogP) is 9.72. The van der Waals surface area contributed by atoms with Crippen LogP contribution in [0.4, 0.5) is 0 Å². The molecule has 9 aromatic rings. The summed E-state index contributed by atoms with van der Waals surface area (Å²) in [6.45, 7) is 0. The Kier molecular flexibility index (Phi) is 4.05. The minimum atomic E-state index is 1.15. The molecule has 182 valence electrons. The molecule has 0 unspecified atom stereocenters. The molecule has 0 spiro atoms. The Morgan fingerprint density at radius 1 is 0.410 bits per heavy atom. The Morgan fingerprint density at radius 3 is 1.82 bits per heavy atom. The van der Waals surface area contributed by atoms with Crippen molar-refractivity contribution in [3.63, 3.8) is 0 Å². The molecule has 9 rings (SSSR count). The van der Waals surface area contributed by atoms with Crippen LogP contribution in [0.1, 0.15) is 0 Å². The molecule has 0 radical (unpaired) electrons. The summed E-state index contributed by atoms with van der Waals surface area (Å²) in [5.74, 6) is 0. The van der Waals surface area contributed by atoms with E-state index < -0.39 is 0 Å². The first-order chi connectivity index (χ1) is 19.3. The smallest absolute Gasteiger partial charge is 0.0709 e. The molecule has 2 N–H and O–H groups in total. The zero-order valence-electron chi connectivity index (χ0n) is 21.1. The van der Waals surface area contributed by atoms with E-state index in [-0.39, 0.29) is 0 Å². The van der Waals surface area contributed by atoms with Crippen molar-refractivity contribution in [1.82, 2.24) is 14.5 Å². The van der Waals surface area contributed by atoms with E-state index in [1.165, 1.54) is 60.0 Å². The average Bonchev–Trinajstić information content (AvgIpc) is 3.66. The van der Waals surface area contributed by atoms with E-state index in [4.69, 9.17) is 0 Å². The Bertz CT molecular complexity index is 2340. The van der Waals surface area contributed by atoms with E-state index >= 15 is 0 Å². The van der Waals surface area contributed by atoms with Crippen LogP contribution in [0, 0.1) is 0 Å². The molecule has 0 bridgehead atoms. The van der Waals surface area contributed by atoms with Gasteiger partial charge in [0, 0.05) is 48.9 Å². The lowest BCUT2D eigenvalue weighted by Crippen LogP contribution is -1.94. The van der Waals surface area contributed by atoms with Gasteiger partial charge in [-0.15, -0.1) is 0 Å². The van der Waals surface area contributed by atoms with Gasteiger partial charge in [-0.2, -0.15) is 0 Å². The van der Waals surface area contributed by atoms with Gasteiger partial charge < -0.3 is 14.5 Å². The van der Waals surface area contributed by atoms with Crippen LogP contribution in [0.25, 0.3) is 82.2 Å². The van der Waals surface area contributed by atoms with Gasteiger partial charge in [-0.1, -0.05) is 97.1 Å². The first kappa shape index (κ1) is 20.7. The van der Waals surface area contributed by atoms with Gasteiger partial charge in [0.15, 0.2) is 0 Å². The first-order valence-electron chi connectivity index (χ1n) is 13.4.